The van der Waals surface area contributed by atoms with Crippen molar-refractivity contribution in [1.29, 1.82) is 0 Å². The van der Waals surface area contributed by atoms with Crippen LogP contribution in [0.5, 0.6) is 0 Å². The maximum absolute atomic E-state index is 4.66. The lowest BCUT2D eigenvalue weighted by Gasteiger charge is -2.36. The fourth-order valence-electron chi connectivity index (χ4n) is 3.83. The molecule has 6 nitrogen and oxygen atoms in total. The molecule has 0 unspecified atom stereocenters. The second kappa shape index (κ2) is 10.4. The molecule has 0 bridgehead atoms. The fourth-order valence-corrected chi connectivity index (χ4v) is 3.83. The van der Waals surface area contributed by atoms with E-state index in [9.17, 15) is 0 Å². The maximum atomic E-state index is 4.66. The summed E-state index contributed by atoms with van der Waals surface area (Å²) in [5, 5.41) is 3.15. The summed E-state index contributed by atoms with van der Waals surface area (Å²) in [5.74, 6) is 7.43. The van der Waals surface area contributed by atoms with Crippen LogP contribution in [0.4, 0.5) is 5.82 Å². The second-order valence-corrected chi connectivity index (χ2v) is 8.26. The highest BCUT2D eigenvalue weighted by Crippen LogP contribution is 2.26. The van der Waals surface area contributed by atoms with Gasteiger partial charge in [0.15, 0.2) is 0 Å². The summed E-state index contributed by atoms with van der Waals surface area (Å²) >= 11 is 0. The first-order chi connectivity index (χ1) is 15.6. The highest BCUT2D eigenvalue weighted by atomic mass is 15.3. The van der Waals surface area contributed by atoms with Gasteiger partial charge >= 0.3 is 0 Å². The van der Waals surface area contributed by atoms with Gasteiger partial charge in [-0.1, -0.05) is 17.9 Å². The molecule has 1 aliphatic heterocycles. The molecular weight excluding hydrogens is 396 g/mol. The van der Waals surface area contributed by atoms with Crippen molar-refractivity contribution < 1.29 is 0 Å². The lowest BCUT2D eigenvalue weighted by atomic mass is 10.0. The SMILES string of the molecule is CNc1cc(-c2cncc(C#CCN3CCN(C(C)C)CC3)c2)cc(-c2ccccn2)n1. The first-order valence-electron chi connectivity index (χ1n) is 11.1. The molecule has 0 aromatic carbocycles. The van der Waals surface area contributed by atoms with Crippen LogP contribution in [0.15, 0.2) is 55.0 Å². The van der Waals surface area contributed by atoms with E-state index in [2.05, 4.69) is 61.8 Å². The van der Waals surface area contributed by atoms with Gasteiger partial charge < -0.3 is 5.32 Å². The first-order valence-corrected chi connectivity index (χ1v) is 11.1. The number of nitrogens with zero attached hydrogens (tertiary/aromatic N) is 5. The average Bonchev–Trinajstić information content (AvgIpc) is 2.85. The predicted octanol–water partition coefficient (Wildman–Crippen LogP) is 3.62. The van der Waals surface area contributed by atoms with E-state index in [1.54, 1.807) is 6.20 Å². The Labute approximate surface area is 190 Å². The van der Waals surface area contributed by atoms with E-state index in [1.807, 2.05) is 49.8 Å². The number of anilines is 1. The maximum Gasteiger partial charge on any atom is 0.127 e. The largest absolute Gasteiger partial charge is 0.373 e. The molecule has 3 aromatic rings. The van der Waals surface area contributed by atoms with Crippen molar-refractivity contribution in [2.24, 2.45) is 0 Å². The van der Waals surface area contributed by atoms with Gasteiger partial charge in [0, 0.05) is 69.0 Å². The minimum absolute atomic E-state index is 0.617. The van der Waals surface area contributed by atoms with Crippen LogP contribution < -0.4 is 5.32 Å². The van der Waals surface area contributed by atoms with Gasteiger partial charge in [0.1, 0.15) is 5.82 Å². The molecule has 0 aliphatic carbocycles. The molecule has 3 aromatic heterocycles. The van der Waals surface area contributed by atoms with E-state index in [1.165, 1.54) is 0 Å². The third kappa shape index (κ3) is 5.50. The Bertz CT molecular complexity index is 1090. The van der Waals surface area contributed by atoms with Crippen LogP contribution in [0, 0.1) is 11.8 Å². The number of nitrogens with one attached hydrogen (secondary N) is 1. The summed E-state index contributed by atoms with van der Waals surface area (Å²) in [5.41, 5.74) is 4.63. The molecule has 1 fully saturated rings. The van der Waals surface area contributed by atoms with E-state index in [4.69, 9.17) is 0 Å². The van der Waals surface area contributed by atoms with Crippen molar-refractivity contribution in [1.82, 2.24) is 24.8 Å². The molecule has 164 valence electrons. The second-order valence-electron chi connectivity index (χ2n) is 8.26. The summed E-state index contributed by atoms with van der Waals surface area (Å²) in [6, 6.07) is 12.6. The number of pyridine rings is 3. The number of piperazine rings is 1. The fraction of sp³-hybridized carbons (Fsp3) is 0.346. The Hall–Kier alpha value is -3.27. The zero-order valence-electron chi connectivity index (χ0n) is 19.0. The topological polar surface area (TPSA) is 57.2 Å². The average molecular weight is 427 g/mol. The standard InChI is InChI=1S/C26H30N6/c1-20(2)32-13-11-31(12-14-32)10-6-7-21-15-23(19-28-18-21)22-16-25(30-26(17-22)27-3)24-8-4-5-9-29-24/h4-5,8-9,15-20H,10-14H2,1-3H3,(H,27,30). The molecule has 0 atom stereocenters. The van der Waals surface area contributed by atoms with Crippen molar-refractivity contribution in [3.05, 3.63) is 60.6 Å². The highest BCUT2D eigenvalue weighted by Gasteiger charge is 2.17. The normalized spacial score (nSPS) is 14.8. The van der Waals surface area contributed by atoms with Crippen LogP contribution in [0.1, 0.15) is 19.4 Å². The van der Waals surface area contributed by atoms with E-state index in [0.29, 0.717) is 6.04 Å². The quantitative estimate of drug-likeness (QED) is 0.629. The monoisotopic (exact) mass is 426 g/mol. The Morgan fingerprint density at radius 1 is 1.00 bits per heavy atom. The molecular formula is C26H30N6. The Balaban J connectivity index is 1.50. The van der Waals surface area contributed by atoms with Crippen LogP contribution in [-0.4, -0.2) is 70.6 Å². The van der Waals surface area contributed by atoms with E-state index in [-0.39, 0.29) is 0 Å². The third-order valence-electron chi connectivity index (χ3n) is 5.75. The van der Waals surface area contributed by atoms with E-state index in [0.717, 1.165) is 66.6 Å². The minimum atomic E-state index is 0.617. The van der Waals surface area contributed by atoms with E-state index < -0.39 is 0 Å². The van der Waals surface area contributed by atoms with Gasteiger partial charge in [0.25, 0.3) is 0 Å². The molecule has 6 heteroatoms. The van der Waals surface area contributed by atoms with Gasteiger partial charge in [0.2, 0.25) is 0 Å². The van der Waals surface area contributed by atoms with Gasteiger partial charge in [0.05, 0.1) is 17.9 Å². The molecule has 0 radical (unpaired) electrons. The lowest BCUT2D eigenvalue weighted by molar-refractivity contribution is 0.118. The minimum Gasteiger partial charge on any atom is -0.373 e. The van der Waals surface area contributed by atoms with Crippen LogP contribution in [0.25, 0.3) is 22.5 Å². The van der Waals surface area contributed by atoms with Crippen LogP contribution in [0.3, 0.4) is 0 Å². The molecule has 1 N–H and O–H groups in total. The van der Waals surface area contributed by atoms with Gasteiger partial charge in [-0.15, -0.1) is 0 Å². The van der Waals surface area contributed by atoms with Crippen molar-refractivity contribution >= 4 is 5.82 Å². The van der Waals surface area contributed by atoms with Crippen LogP contribution >= 0.6 is 0 Å². The highest BCUT2D eigenvalue weighted by molar-refractivity contribution is 5.72. The summed E-state index contributed by atoms with van der Waals surface area (Å²) in [4.78, 5) is 18.5. The van der Waals surface area contributed by atoms with Gasteiger partial charge in [-0.05, 0) is 49.7 Å². The van der Waals surface area contributed by atoms with Crippen molar-refractivity contribution in [2.45, 2.75) is 19.9 Å². The Morgan fingerprint density at radius 2 is 1.84 bits per heavy atom. The number of hydrogen-bond donors (Lipinski definition) is 1. The van der Waals surface area contributed by atoms with Crippen molar-refractivity contribution in [3.8, 4) is 34.4 Å². The molecule has 0 spiro atoms. The number of rotatable bonds is 5. The Kier molecular flexibility index (Phi) is 7.10. The summed E-state index contributed by atoms with van der Waals surface area (Å²) in [6.45, 7) is 9.69. The van der Waals surface area contributed by atoms with Crippen LogP contribution in [-0.2, 0) is 0 Å². The van der Waals surface area contributed by atoms with Gasteiger partial charge in [-0.3, -0.25) is 19.8 Å². The van der Waals surface area contributed by atoms with Crippen molar-refractivity contribution in [2.75, 3.05) is 45.1 Å². The summed E-state index contributed by atoms with van der Waals surface area (Å²) in [6.07, 6.45) is 5.48. The zero-order chi connectivity index (χ0) is 22.3. The van der Waals surface area contributed by atoms with Crippen LogP contribution in [0.2, 0.25) is 0 Å². The predicted molar refractivity (Wildman–Crippen MR) is 130 cm³/mol. The molecule has 0 amide bonds. The summed E-state index contributed by atoms with van der Waals surface area (Å²) < 4.78 is 0. The molecule has 4 rings (SSSR count). The lowest BCUT2D eigenvalue weighted by Crippen LogP contribution is -2.48. The molecule has 4 heterocycles. The molecule has 1 saturated heterocycles. The van der Waals surface area contributed by atoms with Gasteiger partial charge in [-0.2, -0.15) is 0 Å². The Morgan fingerprint density at radius 3 is 2.56 bits per heavy atom. The summed E-state index contributed by atoms with van der Waals surface area (Å²) in [7, 11) is 1.87. The zero-order valence-corrected chi connectivity index (χ0v) is 19.0. The van der Waals surface area contributed by atoms with E-state index >= 15 is 0 Å². The molecule has 1 aliphatic rings. The van der Waals surface area contributed by atoms with Gasteiger partial charge in [-0.25, -0.2) is 4.98 Å². The number of hydrogen-bond acceptors (Lipinski definition) is 6. The van der Waals surface area contributed by atoms with Crippen molar-refractivity contribution in [3.63, 3.8) is 0 Å². The molecule has 32 heavy (non-hydrogen) atoms. The first kappa shape index (κ1) is 21.9. The number of aromatic nitrogens is 3. The smallest absolute Gasteiger partial charge is 0.127 e. The third-order valence-corrected chi connectivity index (χ3v) is 5.75. The molecule has 0 saturated carbocycles.